The van der Waals surface area contributed by atoms with E-state index in [9.17, 15) is 40.8 Å². The molecule has 0 unspecified atom stereocenters. The Morgan fingerprint density at radius 3 is 2.20 bits per heavy atom. The van der Waals surface area contributed by atoms with Crippen molar-refractivity contribution in [1.29, 1.82) is 0 Å². The SMILES string of the molecule is CC[C@H](C)[C@H](NC(=O)[C@H]1CCCCN1C)C(=O)N(C)[C@H](C=C(C)C(=O)NS(=O)(=O)c1ccc(NC(=O)C(F)(F)F)cc1)C(C)C. The largest absolute Gasteiger partial charge is 0.471 e. The van der Waals surface area contributed by atoms with Crippen molar-refractivity contribution >= 4 is 39.3 Å². The van der Waals surface area contributed by atoms with Crippen LogP contribution in [0.25, 0.3) is 0 Å². The van der Waals surface area contributed by atoms with Gasteiger partial charge in [0, 0.05) is 18.3 Å². The molecule has 0 aromatic heterocycles. The van der Waals surface area contributed by atoms with Gasteiger partial charge in [-0.15, -0.1) is 0 Å². The first-order valence-corrected chi connectivity index (χ1v) is 16.3. The normalized spacial score (nSPS) is 18.5. The lowest BCUT2D eigenvalue weighted by Gasteiger charge is -2.36. The number of nitrogens with zero attached hydrogens (tertiary/aromatic N) is 2. The minimum Gasteiger partial charge on any atom is -0.343 e. The molecule has 0 radical (unpaired) electrons. The molecule has 1 aliphatic rings. The molecular weight excluding hydrogens is 615 g/mol. The van der Waals surface area contributed by atoms with Crippen LogP contribution in [0.3, 0.4) is 0 Å². The summed E-state index contributed by atoms with van der Waals surface area (Å²) in [7, 11) is -0.981. The Labute approximate surface area is 263 Å². The van der Waals surface area contributed by atoms with Crippen LogP contribution in [0.15, 0.2) is 40.8 Å². The van der Waals surface area contributed by atoms with Gasteiger partial charge in [0.1, 0.15) is 6.04 Å². The molecule has 1 heterocycles. The zero-order valence-corrected chi connectivity index (χ0v) is 27.5. The van der Waals surface area contributed by atoms with Gasteiger partial charge in [-0.1, -0.05) is 46.6 Å². The number of nitrogens with one attached hydrogen (secondary N) is 3. The number of hydrogen-bond donors (Lipinski definition) is 3. The van der Waals surface area contributed by atoms with Crippen molar-refractivity contribution in [2.75, 3.05) is 26.0 Å². The molecule has 0 bridgehead atoms. The highest BCUT2D eigenvalue weighted by molar-refractivity contribution is 7.90. The molecule has 2 rings (SSSR count). The fourth-order valence-corrected chi connectivity index (χ4v) is 5.99. The summed E-state index contributed by atoms with van der Waals surface area (Å²) in [5.41, 5.74) is -0.289. The summed E-state index contributed by atoms with van der Waals surface area (Å²) in [6.45, 7) is 9.65. The summed E-state index contributed by atoms with van der Waals surface area (Å²) >= 11 is 0. The average molecular weight is 660 g/mol. The maximum atomic E-state index is 13.8. The number of piperidine rings is 1. The van der Waals surface area contributed by atoms with Crippen LogP contribution in [0.1, 0.15) is 60.3 Å². The fourth-order valence-electron chi connectivity index (χ4n) is 4.97. The highest BCUT2D eigenvalue weighted by atomic mass is 32.2. The molecule has 0 aliphatic carbocycles. The second-order valence-electron chi connectivity index (χ2n) is 11.8. The van der Waals surface area contributed by atoms with Gasteiger partial charge in [-0.25, -0.2) is 13.1 Å². The third-order valence-corrected chi connectivity index (χ3v) is 9.36. The lowest BCUT2D eigenvalue weighted by atomic mass is 9.94. The number of likely N-dealkylation sites (tertiary alicyclic amines) is 1. The first-order valence-electron chi connectivity index (χ1n) is 14.8. The fraction of sp³-hybridized carbons (Fsp3) is 0.600. The topological polar surface area (TPSA) is 145 Å². The number of rotatable bonds is 12. The van der Waals surface area contributed by atoms with E-state index in [-0.39, 0.29) is 41.0 Å². The van der Waals surface area contributed by atoms with E-state index in [2.05, 4.69) is 5.32 Å². The Morgan fingerprint density at radius 1 is 1.09 bits per heavy atom. The van der Waals surface area contributed by atoms with Crippen molar-refractivity contribution in [3.8, 4) is 0 Å². The van der Waals surface area contributed by atoms with Gasteiger partial charge in [-0.05, 0) is 69.5 Å². The van der Waals surface area contributed by atoms with E-state index in [0.717, 1.165) is 43.7 Å². The van der Waals surface area contributed by atoms with Gasteiger partial charge in [0.15, 0.2) is 0 Å². The van der Waals surface area contributed by atoms with E-state index in [1.807, 2.05) is 44.4 Å². The lowest BCUT2D eigenvalue weighted by molar-refractivity contribution is -0.167. The molecule has 0 saturated carbocycles. The first-order chi connectivity index (χ1) is 20.8. The number of benzene rings is 1. The molecule has 3 N–H and O–H groups in total. The molecule has 4 atom stereocenters. The maximum Gasteiger partial charge on any atom is 0.471 e. The number of carbonyl (C=O) groups excluding carboxylic acids is 4. The van der Waals surface area contributed by atoms with Crippen LogP contribution in [-0.4, -0.2) is 86.8 Å². The van der Waals surface area contributed by atoms with Crippen LogP contribution in [0.4, 0.5) is 18.9 Å². The Kier molecular flexibility index (Phi) is 13.2. The second kappa shape index (κ2) is 15.7. The van der Waals surface area contributed by atoms with Crippen LogP contribution < -0.4 is 15.4 Å². The Bertz CT molecular complexity index is 1360. The number of amides is 4. The van der Waals surface area contributed by atoms with E-state index in [1.54, 1.807) is 12.4 Å². The molecular formula is C30H44F3N5O6S. The Balaban J connectivity index is 2.20. The van der Waals surface area contributed by atoms with Crippen molar-refractivity contribution < 1.29 is 40.8 Å². The van der Waals surface area contributed by atoms with Crippen molar-refractivity contribution in [1.82, 2.24) is 19.8 Å². The number of likely N-dealkylation sites (N-methyl/N-ethyl adjacent to an activating group) is 2. The van der Waals surface area contributed by atoms with Gasteiger partial charge in [0.25, 0.3) is 15.9 Å². The summed E-state index contributed by atoms with van der Waals surface area (Å²) in [5, 5.41) is 4.57. The Hall–Kier alpha value is -3.46. The molecule has 252 valence electrons. The quantitative estimate of drug-likeness (QED) is 0.292. The summed E-state index contributed by atoms with van der Waals surface area (Å²) in [5.74, 6) is -4.12. The van der Waals surface area contributed by atoms with E-state index in [1.165, 1.54) is 17.9 Å². The molecule has 1 saturated heterocycles. The molecule has 4 amide bonds. The monoisotopic (exact) mass is 659 g/mol. The predicted molar refractivity (Wildman–Crippen MR) is 163 cm³/mol. The van der Waals surface area contributed by atoms with E-state index < -0.39 is 45.0 Å². The average Bonchev–Trinajstić information content (AvgIpc) is 2.96. The minimum atomic E-state index is -5.12. The van der Waals surface area contributed by atoms with Gasteiger partial charge in [-0.2, -0.15) is 13.2 Å². The van der Waals surface area contributed by atoms with Gasteiger partial charge in [0.05, 0.1) is 17.0 Å². The highest BCUT2D eigenvalue weighted by Crippen LogP contribution is 2.22. The number of hydrogen-bond acceptors (Lipinski definition) is 7. The van der Waals surface area contributed by atoms with Crippen LogP contribution >= 0.6 is 0 Å². The third-order valence-electron chi connectivity index (χ3n) is 8.01. The molecule has 11 nitrogen and oxygen atoms in total. The number of sulfonamides is 1. The maximum absolute atomic E-state index is 13.8. The van der Waals surface area contributed by atoms with E-state index in [0.29, 0.717) is 12.8 Å². The van der Waals surface area contributed by atoms with E-state index >= 15 is 0 Å². The van der Waals surface area contributed by atoms with Crippen LogP contribution in [0.2, 0.25) is 0 Å². The summed E-state index contributed by atoms with van der Waals surface area (Å²) in [4.78, 5) is 54.0. The highest BCUT2D eigenvalue weighted by Gasteiger charge is 2.39. The van der Waals surface area contributed by atoms with Gasteiger partial charge in [0.2, 0.25) is 11.8 Å². The smallest absolute Gasteiger partial charge is 0.343 e. The zero-order chi connectivity index (χ0) is 34.3. The number of halogens is 3. The van der Waals surface area contributed by atoms with Crippen LogP contribution in [0.5, 0.6) is 0 Å². The molecule has 15 heteroatoms. The molecule has 0 spiro atoms. The summed E-state index contributed by atoms with van der Waals surface area (Å²) in [6.07, 6.45) is -0.384. The number of anilines is 1. The van der Waals surface area contributed by atoms with Crippen molar-refractivity contribution in [3.63, 3.8) is 0 Å². The van der Waals surface area contributed by atoms with Crippen molar-refractivity contribution in [2.45, 2.75) is 89.5 Å². The van der Waals surface area contributed by atoms with Gasteiger partial charge >= 0.3 is 12.1 Å². The molecule has 1 aliphatic heterocycles. The van der Waals surface area contributed by atoms with Gasteiger partial charge in [-0.3, -0.25) is 24.1 Å². The van der Waals surface area contributed by atoms with Crippen molar-refractivity contribution in [3.05, 3.63) is 35.9 Å². The second-order valence-corrected chi connectivity index (χ2v) is 13.5. The summed E-state index contributed by atoms with van der Waals surface area (Å²) < 4.78 is 65.0. The standard InChI is InChI=1S/C30H44F3N5O6S/c1-8-19(4)25(35-27(40)23-11-9-10-16-37(23)6)28(41)38(7)24(18(2)3)17-20(5)26(39)36-45(43,44)22-14-12-21(13-15-22)34-29(42)30(31,32)33/h12-15,17-19,23-25H,8-11,16H2,1-7H3,(H,34,42)(H,35,40)(H,36,39)/t19-,23+,24+,25-/m0/s1. The molecule has 1 fully saturated rings. The number of alkyl halides is 3. The summed E-state index contributed by atoms with van der Waals surface area (Å²) in [6, 6.07) is 2.03. The van der Waals surface area contributed by atoms with Crippen LogP contribution in [0, 0.1) is 11.8 Å². The molecule has 45 heavy (non-hydrogen) atoms. The van der Waals surface area contributed by atoms with E-state index in [4.69, 9.17) is 0 Å². The number of carbonyl (C=O) groups is 4. The zero-order valence-electron chi connectivity index (χ0n) is 26.7. The van der Waals surface area contributed by atoms with Crippen LogP contribution in [-0.2, 0) is 29.2 Å². The molecule has 1 aromatic carbocycles. The van der Waals surface area contributed by atoms with Crippen molar-refractivity contribution in [2.24, 2.45) is 11.8 Å². The third kappa shape index (κ3) is 10.3. The van der Waals surface area contributed by atoms with Gasteiger partial charge < -0.3 is 15.5 Å². The Morgan fingerprint density at radius 2 is 1.69 bits per heavy atom. The minimum absolute atomic E-state index is 0.000980. The predicted octanol–water partition coefficient (Wildman–Crippen LogP) is 3.44. The lowest BCUT2D eigenvalue weighted by Crippen LogP contribution is -2.57. The molecule has 1 aromatic rings. The first kappa shape index (κ1) is 37.7.